The molecule has 0 atom stereocenters. The molecule has 2 N–H and O–H groups in total. The SMILES string of the molecule is Cn1c(=O)[nH]c2cccc(O)c21. The number of nitrogens with zero attached hydrogens (tertiary/aromatic N) is 1. The molecule has 0 fully saturated rings. The van der Waals surface area contributed by atoms with Gasteiger partial charge in [-0.25, -0.2) is 4.79 Å². The Morgan fingerprint density at radius 1 is 1.50 bits per heavy atom. The quantitative estimate of drug-likeness (QED) is 0.598. The molecule has 0 amide bonds. The Morgan fingerprint density at radius 2 is 2.25 bits per heavy atom. The molecule has 0 saturated heterocycles. The summed E-state index contributed by atoms with van der Waals surface area (Å²) in [7, 11) is 1.61. The summed E-state index contributed by atoms with van der Waals surface area (Å²) in [4.78, 5) is 13.7. The Bertz CT molecular complexity index is 481. The standard InChI is InChI=1S/C8H8N2O2/c1-10-7-5(9-8(10)12)3-2-4-6(7)11/h2-4,11H,1H3,(H,9,12). The van der Waals surface area contributed by atoms with Crippen LogP contribution in [0.2, 0.25) is 0 Å². The molecule has 62 valence electrons. The van der Waals surface area contributed by atoms with Crippen molar-refractivity contribution < 1.29 is 5.11 Å². The van der Waals surface area contributed by atoms with Crippen LogP contribution in [0.25, 0.3) is 11.0 Å². The minimum atomic E-state index is -0.216. The van der Waals surface area contributed by atoms with Crippen LogP contribution in [0.1, 0.15) is 0 Å². The lowest BCUT2D eigenvalue weighted by molar-refractivity contribution is 0.478. The zero-order valence-electron chi connectivity index (χ0n) is 6.53. The highest BCUT2D eigenvalue weighted by atomic mass is 16.3. The lowest BCUT2D eigenvalue weighted by atomic mass is 10.3. The molecule has 2 rings (SSSR count). The molecule has 0 saturated carbocycles. The lowest BCUT2D eigenvalue weighted by Gasteiger charge is -1.95. The highest BCUT2D eigenvalue weighted by molar-refractivity contribution is 5.81. The molecule has 1 aromatic heterocycles. The Kier molecular flexibility index (Phi) is 1.24. The Hall–Kier alpha value is -1.71. The van der Waals surface area contributed by atoms with E-state index in [9.17, 15) is 9.90 Å². The lowest BCUT2D eigenvalue weighted by Crippen LogP contribution is -2.11. The van der Waals surface area contributed by atoms with Crippen molar-refractivity contribution in [3.8, 4) is 5.75 Å². The molecule has 0 radical (unpaired) electrons. The van der Waals surface area contributed by atoms with E-state index in [1.54, 1.807) is 25.2 Å². The molecular weight excluding hydrogens is 156 g/mol. The van der Waals surface area contributed by atoms with Gasteiger partial charge in [-0.1, -0.05) is 6.07 Å². The highest BCUT2D eigenvalue weighted by Crippen LogP contribution is 2.20. The maximum Gasteiger partial charge on any atom is 0.326 e. The van der Waals surface area contributed by atoms with Gasteiger partial charge in [0, 0.05) is 7.05 Å². The number of phenolic OH excluding ortho intramolecular Hbond substituents is 1. The summed E-state index contributed by atoms with van der Waals surface area (Å²) in [6, 6.07) is 4.99. The van der Waals surface area contributed by atoms with Crippen molar-refractivity contribution in [2.75, 3.05) is 0 Å². The zero-order chi connectivity index (χ0) is 8.72. The Morgan fingerprint density at radius 3 is 2.92 bits per heavy atom. The number of nitrogens with one attached hydrogen (secondary N) is 1. The summed E-state index contributed by atoms with van der Waals surface area (Å²) in [5, 5.41) is 9.39. The molecule has 0 aliphatic heterocycles. The van der Waals surface area contributed by atoms with Crippen LogP contribution in [-0.4, -0.2) is 14.7 Å². The van der Waals surface area contributed by atoms with Crippen molar-refractivity contribution in [1.82, 2.24) is 9.55 Å². The second-order valence-corrected chi connectivity index (χ2v) is 2.66. The van der Waals surface area contributed by atoms with Gasteiger partial charge >= 0.3 is 5.69 Å². The van der Waals surface area contributed by atoms with Crippen LogP contribution in [0.5, 0.6) is 5.75 Å². The number of fused-ring (bicyclic) bond motifs is 1. The largest absolute Gasteiger partial charge is 0.506 e. The summed E-state index contributed by atoms with van der Waals surface area (Å²) in [6.07, 6.45) is 0. The summed E-state index contributed by atoms with van der Waals surface area (Å²) >= 11 is 0. The first-order valence-corrected chi connectivity index (χ1v) is 3.57. The van der Waals surface area contributed by atoms with Gasteiger partial charge in [-0.2, -0.15) is 0 Å². The molecule has 4 nitrogen and oxygen atoms in total. The summed E-state index contributed by atoms with van der Waals surface area (Å²) in [5.41, 5.74) is 0.983. The zero-order valence-corrected chi connectivity index (χ0v) is 6.53. The number of para-hydroxylation sites is 1. The maximum absolute atomic E-state index is 11.1. The van der Waals surface area contributed by atoms with E-state index in [0.717, 1.165) is 0 Å². The summed E-state index contributed by atoms with van der Waals surface area (Å²) in [5.74, 6) is 0.119. The third-order valence-electron chi connectivity index (χ3n) is 1.90. The Labute approximate surface area is 68.1 Å². The summed E-state index contributed by atoms with van der Waals surface area (Å²) in [6.45, 7) is 0. The van der Waals surface area contributed by atoms with Gasteiger partial charge in [-0.05, 0) is 12.1 Å². The van der Waals surface area contributed by atoms with Crippen LogP contribution >= 0.6 is 0 Å². The third-order valence-corrected chi connectivity index (χ3v) is 1.90. The van der Waals surface area contributed by atoms with Gasteiger partial charge in [0.2, 0.25) is 0 Å². The van der Waals surface area contributed by atoms with Gasteiger partial charge in [0.1, 0.15) is 11.3 Å². The molecule has 0 spiro atoms. The molecule has 0 aliphatic rings. The maximum atomic E-state index is 11.1. The van der Waals surface area contributed by atoms with Gasteiger partial charge in [0.25, 0.3) is 0 Å². The predicted molar refractivity (Wildman–Crippen MR) is 45.2 cm³/mol. The fourth-order valence-corrected chi connectivity index (χ4v) is 1.29. The molecule has 1 heterocycles. The van der Waals surface area contributed by atoms with Gasteiger partial charge < -0.3 is 10.1 Å². The average molecular weight is 164 g/mol. The second kappa shape index (κ2) is 2.14. The van der Waals surface area contributed by atoms with E-state index in [0.29, 0.717) is 11.0 Å². The van der Waals surface area contributed by atoms with E-state index in [-0.39, 0.29) is 11.4 Å². The fourth-order valence-electron chi connectivity index (χ4n) is 1.29. The van der Waals surface area contributed by atoms with E-state index in [2.05, 4.69) is 4.98 Å². The minimum Gasteiger partial charge on any atom is -0.506 e. The number of H-pyrrole nitrogens is 1. The number of benzene rings is 1. The predicted octanol–water partition coefficient (Wildman–Crippen LogP) is 0.572. The third kappa shape index (κ3) is 0.747. The van der Waals surface area contributed by atoms with Crippen LogP contribution in [0, 0.1) is 0 Å². The number of phenols is 1. The second-order valence-electron chi connectivity index (χ2n) is 2.66. The molecule has 12 heavy (non-hydrogen) atoms. The van der Waals surface area contributed by atoms with E-state index in [1.807, 2.05) is 0 Å². The van der Waals surface area contributed by atoms with Crippen molar-refractivity contribution in [3.63, 3.8) is 0 Å². The number of hydrogen-bond acceptors (Lipinski definition) is 2. The van der Waals surface area contributed by atoms with Crippen LogP contribution in [0.15, 0.2) is 23.0 Å². The fraction of sp³-hybridized carbons (Fsp3) is 0.125. The van der Waals surface area contributed by atoms with Crippen molar-refractivity contribution in [2.24, 2.45) is 7.05 Å². The number of aromatic amines is 1. The molecule has 1 aromatic carbocycles. The van der Waals surface area contributed by atoms with Crippen molar-refractivity contribution in [2.45, 2.75) is 0 Å². The summed E-state index contributed by atoms with van der Waals surface area (Å²) < 4.78 is 1.38. The topological polar surface area (TPSA) is 58.0 Å². The smallest absolute Gasteiger partial charge is 0.326 e. The number of aromatic nitrogens is 2. The van der Waals surface area contributed by atoms with Crippen molar-refractivity contribution in [3.05, 3.63) is 28.7 Å². The monoisotopic (exact) mass is 164 g/mol. The van der Waals surface area contributed by atoms with E-state index in [4.69, 9.17) is 0 Å². The molecule has 2 aromatic rings. The Balaban J connectivity index is 3.07. The van der Waals surface area contributed by atoms with E-state index >= 15 is 0 Å². The number of imidazole rings is 1. The molecule has 0 unspecified atom stereocenters. The van der Waals surface area contributed by atoms with Crippen LogP contribution in [-0.2, 0) is 7.05 Å². The van der Waals surface area contributed by atoms with Gasteiger partial charge in [-0.3, -0.25) is 4.57 Å². The number of hydrogen-bond donors (Lipinski definition) is 2. The molecule has 4 heteroatoms. The first-order valence-electron chi connectivity index (χ1n) is 3.57. The van der Waals surface area contributed by atoms with E-state index < -0.39 is 0 Å². The minimum absolute atomic E-state index is 0.119. The van der Waals surface area contributed by atoms with Gasteiger partial charge in [0.05, 0.1) is 5.52 Å². The number of rotatable bonds is 0. The first kappa shape index (κ1) is 6.97. The number of aryl methyl sites for hydroxylation is 1. The van der Waals surface area contributed by atoms with Crippen LogP contribution in [0.3, 0.4) is 0 Å². The van der Waals surface area contributed by atoms with Crippen LogP contribution < -0.4 is 5.69 Å². The first-order chi connectivity index (χ1) is 5.70. The van der Waals surface area contributed by atoms with Crippen LogP contribution in [0.4, 0.5) is 0 Å². The van der Waals surface area contributed by atoms with E-state index in [1.165, 1.54) is 4.57 Å². The average Bonchev–Trinajstić information content (AvgIpc) is 2.29. The van der Waals surface area contributed by atoms with Crippen molar-refractivity contribution >= 4 is 11.0 Å². The van der Waals surface area contributed by atoms with Gasteiger partial charge in [-0.15, -0.1) is 0 Å². The molecule has 0 bridgehead atoms. The number of aromatic hydroxyl groups is 1. The van der Waals surface area contributed by atoms with Gasteiger partial charge in [0.15, 0.2) is 0 Å². The molecule has 0 aliphatic carbocycles. The molecular formula is C8H8N2O2. The van der Waals surface area contributed by atoms with Crippen molar-refractivity contribution in [1.29, 1.82) is 0 Å². The highest BCUT2D eigenvalue weighted by Gasteiger charge is 2.05. The normalized spacial score (nSPS) is 10.8.